The molecule has 1 aromatic carbocycles. The molecule has 0 aliphatic carbocycles. The Labute approximate surface area is 102 Å². The fourth-order valence-corrected chi connectivity index (χ4v) is 2.08. The van der Waals surface area contributed by atoms with Crippen molar-refractivity contribution in [2.75, 3.05) is 13.1 Å². The van der Waals surface area contributed by atoms with Crippen molar-refractivity contribution in [3.8, 4) is 11.8 Å². The molecule has 88 valence electrons. The number of hydrogen-bond donors (Lipinski definition) is 1. The lowest BCUT2D eigenvalue weighted by Gasteiger charge is -2.14. The molecule has 17 heavy (non-hydrogen) atoms. The fourth-order valence-electron chi connectivity index (χ4n) is 2.08. The van der Waals surface area contributed by atoms with Crippen molar-refractivity contribution >= 4 is 5.91 Å². The first-order valence-electron chi connectivity index (χ1n) is 5.87. The van der Waals surface area contributed by atoms with E-state index < -0.39 is 5.91 Å². The van der Waals surface area contributed by atoms with E-state index in [0.29, 0.717) is 0 Å². The van der Waals surface area contributed by atoms with Gasteiger partial charge in [-0.3, -0.25) is 9.69 Å². The molecule has 2 N–H and O–H groups in total. The number of nitrogens with two attached hydrogens (primary N) is 1. The molecule has 1 fully saturated rings. The van der Waals surface area contributed by atoms with Crippen molar-refractivity contribution in [3.63, 3.8) is 0 Å². The summed E-state index contributed by atoms with van der Waals surface area (Å²) in [5, 5.41) is 0. The van der Waals surface area contributed by atoms with Crippen LogP contribution in [0.5, 0.6) is 0 Å². The molecule has 0 saturated carbocycles. The molecule has 1 amide bonds. The van der Waals surface area contributed by atoms with Crippen molar-refractivity contribution in [1.82, 2.24) is 4.90 Å². The van der Waals surface area contributed by atoms with Crippen molar-refractivity contribution in [1.29, 1.82) is 0 Å². The van der Waals surface area contributed by atoms with Crippen molar-refractivity contribution < 1.29 is 4.79 Å². The Hall–Kier alpha value is -1.79. The number of nitrogens with zero attached hydrogens (tertiary/aromatic N) is 1. The molecule has 1 aliphatic heterocycles. The first kappa shape index (κ1) is 11.7. The standard InChI is InChI=1S/C14H16N2O/c15-14(17)7-6-12-4-3-5-13(10-12)11-16-8-1-2-9-16/h3-5,10H,1-2,8-9,11H2,(H2,15,17). The van der Waals surface area contributed by atoms with Gasteiger partial charge in [0.15, 0.2) is 0 Å². The SMILES string of the molecule is NC(=O)C#Cc1cccc(CN2CCCC2)c1. The average molecular weight is 228 g/mol. The van der Waals surface area contributed by atoms with Crippen LogP contribution in [-0.2, 0) is 11.3 Å². The topological polar surface area (TPSA) is 46.3 Å². The molecule has 1 aromatic rings. The van der Waals surface area contributed by atoms with Crippen LogP contribution in [0.25, 0.3) is 0 Å². The number of benzene rings is 1. The second kappa shape index (κ2) is 5.51. The summed E-state index contributed by atoms with van der Waals surface area (Å²) in [5.74, 6) is 4.54. The molecular formula is C14H16N2O. The summed E-state index contributed by atoms with van der Waals surface area (Å²) in [6.07, 6.45) is 2.59. The molecule has 0 atom stereocenters. The van der Waals surface area contributed by atoms with Gasteiger partial charge in [-0.25, -0.2) is 0 Å². The van der Waals surface area contributed by atoms with Crippen LogP contribution >= 0.6 is 0 Å². The minimum Gasteiger partial charge on any atom is -0.359 e. The Balaban J connectivity index is 2.06. The van der Waals surface area contributed by atoms with Gasteiger partial charge in [-0.15, -0.1) is 0 Å². The van der Waals surface area contributed by atoms with E-state index in [-0.39, 0.29) is 0 Å². The highest BCUT2D eigenvalue weighted by atomic mass is 16.1. The zero-order valence-electron chi connectivity index (χ0n) is 9.78. The summed E-state index contributed by atoms with van der Waals surface area (Å²) in [7, 11) is 0. The van der Waals surface area contributed by atoms with Gasteiger partial charge in [0, 0.05) is 12.1 Å². The lowest BCUT2D eigenvalue weighted by atomic mass is 10.1. The Bertz CT molecular complexity index is 465. The van der Waals surface area contributed by atoms with Crippen LogP contribution in [0.4, 0.5) is 0 Å². The van der Waals surface area contributed by atoms with E-state index in [1.54, 1.807) is 0 Å². The van der Waals surface area contributed by atoms with Gasteiger partial charge in [0.2, 0.25) is 0 Å². The Kier molecular flexibility index (Phi) is 3.79. The normalized spacial score (nSPS) is 15.3. The third-order valence-electron chi connectivity index (χ3n) is 2.86. The Morgan fingerprint density at radius 2 is 2.12 bits per heavy atom. The van der Waals surface area contributed by atoms with Crippen LogP contribution in [0.1, 0.15) is 24.0 Å². The molecule has 0 radical (unpaired) electrons. The minimum absolute atomic E-state index is 0.588. The maximum atomic E-state index is 10.6. The van der Waals surface area contributed by atoms with Gasteiger partial charge >= 0.3 is 0 Å². The predicted molar refractivity (Wildman–Crippen MR) is 67.0 cm³/mol. The van der Waals surface area contributed by atoms with Gasteiger partial charge in [0.1, 0.15) is 0 Å². The molecule has 0 unspecified atom stereocenters. The number of carbonyl (C=O) groups excluding carboxylic acids is 1. The van der Waals surface area contributed by atoms with Gasteiger partial charge in [-0.1, -0.05) is 18.1 Å². The van der Waals surface area contributed by atoms with Crippen LogP contribution in [0.2, 0.25) is 0 Å². The monoisotopic (exact) mass is 228 g/mol. The largest absolute Gasteiger partial charge is 0.359 e. The third-order valence-corrected chi connectivity index (χ3v) is 2.86. The van der Waals surface area contributed by atoms with E-state index in [2.05, 4.69) is 22.8 Å². The van der Waals surface area contributed by atoms with Gasteiger partial charge in [0.25, 0.3) is 5.91 Å². The van der Waals surface area contributed by atoms with Crippen molar-refractivity contribution in [2.24, 2.45) is 5.73 Å². The molecule has 3 nitrogen and oxygen atoms in total. The van der Waals surface area contributed by atoms with E-state index in [0.717, 1.165) is 12.1 Å². The lowest BCUT2D eigenvalue weighted by Crippen LogP contribution is -2.18. The molecule has 3 heteroatoms. The molecule has 0 bridgehead atoms. The quantitative estimate of drug-likeness (QED) is 0.771. The van der Waals surface area contributed by atoms with E-state index >= 15 is 0 Å². The highest BCUT2D eigenvalue weighted by Crippen LogP contribution is 2.13. The molecule has 1 aliphatic rings. The molecular weight excluding hydrogens is 212 g/mol. The molecule has 0 aromatic heterocycles. The first-order valence-corrected chi connectivity index (χ1v) is 5.87. The number of carbonyl (C=O) groups is 1. The third kappa shape index (κ3) is 3.61. The highest BCUT2D eigenvalue weighted by molar-refractivity contribution is 5.92. The fraction of sp³-hybridized carbons (Fsp3) is 0.357. The maximum absolute atomic E-state index is 10.6. The second-order valence-corrected chi connectivity index (χ2v) is 4.30. The number of hydrogen-bond acceptors (Lipinski definition) is 2. The van der Waals surface area contributed by atoms with Crippen LogP contribution in [0, 0.1) is 11.8 Å². The smallest absolute Gasteiger partial charge is 0.293 e. The Morgan fingerprint density at radius 1 is 1.35 bits per heavy atom. The summed E-state index contributed by atoms with van der Waals surface area (Å²) in [5.41, 5.74) is 7.08. The average Bonchev–Trinajstić information content (AvgIpc) is 2.80. The Morgan fingerprint density at radius 3 is 2.82 bits per heavy atom. The van der Waals surface area contributed by atoms with E-state index in [1.807, 2.05) is 18.2 Å². The summed E-state index contributed by atoms with van der Waals surface area (Å²) >= 11 is 0. The first-order chi connectivity index (χ1) is 8.24. The molecule has 2 rings (SSSR count). The number of amides is 1. The second-order valence-electron chi connectivity index (χ2n) is 4.30. The minimum atomic E-state index is -0.588. The summed E-state index contributed by atoms with van der Waals surface area (Å²) < 4.78 is 0. The van der Waals surface area contributed by atoms with Gasteiger partial charge in [0.05, 0.1) is 0 Å². The summed E-state index contributed by atoms with van der Waals surface area (Å²) in [4.78, 5) is 13.0. The predicted octanol–water partition coefficient (Wildman–Crippen LogP) is 1.12. The molecule has 0 spiro atoms. The van der Waals surface area contributed by atoms with Crippen LogP contribution in [0.15, 0.2) is 24.3 Å². The van der Waals surface area contributed by atoms with Crippen molar-refractivity contribution in [2.45, 2.75) is 19.4 Å². The highest BCUT2D eigenvalue weighted by Gasteiger charge is 2.11. The van der Waals surface area contributed by atoms with Gasteiger partial charge in [-0.2, -0.15) is 0 Å². The summed E-state index contributed by atoms with van der Waals surface area (Å²) in [6, 6.07) is 7.97. The lowest BCUT2D eigenvalue weighted by molar-refractivity contribution is -0.112. The zero-order chi connectivity index (χ0) is 12.1. The van der Waals surface area contributed by atoms with Crippen LogP contribution < -0.4 is 5.73 Å². The van der Waals surface area contributed by atoms with Crippen molar-refractivity contribution in [3.05, 3.63) is 35.4 Å². The number of primary amides is 1. The van der Waals surface area contributed by atoms with Crippen LogP contribution in [-0.4, -0.2) is 23.9 Å². The van der Waals surface area contributed by atoms with E-state index in [9.17, 15) is 4.79 Å². The number of likely N-dealkylation sites (tertiary alicyclic amines) is 1. The van der Waals surface area contributed by atoms with Gasteiger partial charge < -0.3 is 5.73 Å². The number of rotatable bonds is 2. The maximum Gasteiger partial charge on any atom is 0.293 e. The molecule has 1 heterocycles. The van der Waals surface area contributed by atoms with Gasteiger partial charge in [-0.05, 0) is 49.5 Å². The van der Waals surface area contributed by atoms with E-state index in [4.69, 9.17) is 5.73 Å². The van der Waals surface area contributed by atoms with E-state index in [1.165, 1.54) is 31.5 Å². The summed E-state index contributed by atoms with van der Waals surface area (Å²) in [6.45, 7) is 3.32. The zero-order valence-corrected chi connectivity index (χ0v) is 9.78. The molecule has 1 saturated heterocycles. The van der Waals surface area contributed by atoms with Crippen LogP contribution in [0.3, 0.4) is 0 Å².